The molecule has 1 aromatic heterocycles. The molecule has 5 rings (SSSR count). The third-order valence-electron chi connectivity index (χ3n) is 6.03. The molecule has 0 amide bonds. The number of benzene rings is 3. The van der Waals surface area contributed by atoms with Gasteiger partial charge in [0.15, 0.2) is 0 Å². The van der Waals surface area contributed by atoms with Gasteiger partial charge in [-0.25, -0.2) is 4.39 Å². The van der Waals surface area contributed by atoms with E-state index in [-0.39, 0.29) is 11.7 Å². The molecule has 0 N–H and O–H groups in total. The predicted octanol–water partition coefficient (Wildman–Crippen LogP) is 6.11. The Hall–Kier alpha value is -3.62. The lowest BCUT2D eigenvalue weighted by Crippen LogP contribution is -2.17. The number of aromatic nitrogens is 1. The number of hydrogen-bond donors (Lipinski definition) is 0. The Morgan fingerprint density at radius 2 is 1.75 bits per heavy atom. The van der Waals surface area contributed by atoms with E-state index >= 15 is 0 Å². The first-order valence-electron chi connectivity index (χ1n) is 10.8. The summed E-state index contributed by atoms with van der Waals surface area (Å²) in [5, 5.41) is 11.0. The van der Waals surface area contributed by atoms with Crippen LogP contribution in [-0.4, -0.2) is 17.8 Å². The molecule has 0 spiro atoms. The van der Waals surface area contributed by atoms with Crippen LogP contribution in [0.3, 0.4) is 0 Å². The van der Waals surface area contributed by atoms with E-state index in [0.717, 1.165) is 40.7 Å². The first kappa shape index (κ1) is 20.3. The highest BCUT2D eigenvalue weighted by Gasteiger charge is 2.27. The molecule has 0 saturated carbocycles. The monoisotopic (exact) mass is 426 g/mol. The molecule has 1 aliphatic rings. The number of rotatable bonds is 5. The molecule has 1 fully saturated rings. The van der Waals surface area contributed by atoms with Crippen LogP contribution in [-0.2, 0) is 11.3 Å². The Bertz CT molecular complexity index is 1270. The average Bonchev–Trinajstić information content (AvgIpc) is 3.18. The highest BCUT2D eigenvalue weighted by molar-refractivity contribution is 5.91. The maximum atomic E-state index is 13.6. The Balaban J connectivity index is 1.62. The summed E-state index contributed by atoms with van der Waals surface area (Å²) in [5.74, 6) is 0.632. The van der Waals surface area contributed by atoms with Crippen molar-refractivity contribution in [2.24, 2.45) is 0 Å². The topological polar surface area (TPSA) is 47.2 Å². The van der Waals surface area contributed by atoms with Crippen LogP contribution in [0.25, 0.3) is 16.6 Å². The van der Waals surface area contributed by atoms with E-state index in [9.17, 15) is 9.65 Å². The molecule has 0 bridgehead atoms. The van der Waals surface area contributed by atoms with Gasteiger partial charge in [-0.15, -0.1) is 0 Å². The zero-order valence-corrected chi connectivity index (χ0v) is 17.6. The van der Waals surface area contributed by atoms with Crippen molar-refractivity contribution in [3.05, 3.63) is 95.4 Å². The smallest absolute Gasteiger partial charge is 0.123 e. The highest BCUT2D eigenvalue weighted by atomic mass is 19.1. The van der Waals surface area contributed by atoms with Crippen LogP contribution in [0.1, 0.15) is 35.6 Å². The van der Waals surface area contributed by atoms with Gasteiger partial charge in [-0.3, -0.25) is 0 Å². The van der Waals surface area contributed by atoms with Crippen molar-refractivity contribution in [3.63, 3.8) is 0 Å². The zero-order valence-electron chi connectivity index (χ0n) is 17.6. The summed E-state index contributed by atoms with van der Waals surface area (Å²) < 4.78 is 27.3. The predicted molar refractivity (Wildman–Crippen MR) is 122 cm³/mol. The standard InChI is InChI=1S/C27H23FN2O2/c28-21-6-8-22(9-7-21)30-26-11-10-23(32-18-19-4-2-1-3-5-19)16-24(26)25(17-29)27(30)20-12-14-31-15-13-20/h1-11,16,20H,12-15,18H2. The molecule has 0 unspecified atom stereocenters. The van der Waals surface area contributed by atoms with Gasteiger partial charge in [0, 0.05) is 35.9 Å². The minimum Gasteiger partial charge on any atom is -0.489 e. The van der Waals surface area contributed by atoms with Gasteiger partial charge in [-0.2, -0.15) is 5.26 Å². The van der Waals surface area contributed by atoms with Gasteiger partial charge < -0.3 is 14.0 Å². The molecular weight excluding hydrogens is 403 g/mol. The van der Waals surface area contributed by atoms with Crippen LogP contribution >= 0.6 is 0 Å². The molecule has 1 saturated heterocycles. The molecule has 4 nitrogen and oxygen atoms in total. The summed E-state index contributed by atoms with van der Waals surface area (Å²) in [4.78, 5) is 0. The summed E-state index contributed by atoms with van der Waals surface area (Å²) in [6, 6.07) is 24.7. The van der Waals surface area contributed by atoms with Gasteiger partial charge in [-0.05, 0) is 60.9 Å². The van der Waals surface area contributed by atoms with Crippen LogP contribution < -0.4 is 4.74 Å². The minimum atomic E-state index is -0.282. The fourth-order valence-corrected chi connectivity index (χ4v) is 4.46. The third kappa shape index (κ3) is 3.86. The zero-order chi connectivity index (χ0) is 21.9. The molecule has 32 heavy (non-hydrogen) atoms. The first-order valence-corrected chi connectivity index (χ1v) is 10.8. The number of ether oxygens (including phenoxy) is 2. The second kappa shape index (κ2) is 8.86. The van der Waals surface area contributed by atoms with Gasteiger partial charge in [0.25, 0.3) is 0 Å². The van der Waals surface area contributed by atoms with Crippen molar-refractivity contribution in [2.45, 2.75) is 25.4 Å². The molecule has 2 heterocycles. The first-order chi connectivity index (χ1) is 15.7. The molecule has 160 valence electrons. The molecule has 0 atom stereocenters. The Kier molecular flexibility index (Phi) is 5.62. The second-order valence-corrected chi connectivity index (χ2v) is 8.02. The van der Waals surface area contributed by atoms with E-state index in [1.165, 1.54) is 12.1 Å². The van der Waals surface area contributed by atoms with E-state index in [0.29, 0.717) is 31.1 Å². The maximum Gasteiger partial charge on any atom is 0.123 e. The largest absolute Gasteiger partial charge is 0.489 e. The lowest BCUT2D eigenvalue weighted by Gasteiger charge is -2.24. The fourth-order valence-electron chi connectivity index (χ4n) is 4.46. The van der Waals surface area contributed by atoms with Crippen LogP contribution in [0.2, 0.25) is 0 Å². The number of nitriles is 1. The molecule has 0 aliphatic carbocycles. The van der Waals surface area contributed by atoms with Crippen molar-refractivity contribution in [1.29, 1.82) is 5.26 Å². The third-order valence-corrected chi connectivity index (χ3v) is 6.03. The number of hydrogen-bond acceptors (Lipinski definition) is 3. The van der Waals surface area contributed by atoms with E-state index in [1.807, 2.05) is 48.5 Å². The number of halogens is 1. The average molecular weight is 426 g/mol. The van der Waals surface area contributed by atoms with Crippen molar-refractivity contribution in [3.8, 4) is 17.5 Å². The summed E-state index contributed by atoms with van der Waals surface area (Å²) in [6.07, 6.45) is 1.70. The number of nitrogens with zero attached hydrogens (tertiary/aromatic N) is 2. The van der Waals surface area contributed by atoms with Gasteiger partial charge >= 0.3 is 0 Å². The van der Waals surface area contributed by atoms with Gasteiger partial charge in [-0.1, -0.05) is 30.3 Å². The summed E-state index contributed by atoms with van der Waals surface area (Å²) in [5.41, 5.74) is 4.47. The van der Waals surface area contributed by atoms with Crippen LogP contribution in [0.4, 0.5) is 4.39 Å². The van der Waals surface area contributed by atoms with Crippen molar-refractivity contribution in [1.82, 2.24) is 4.57 Å². The van der Waals surface area contributed by atoms with Gasteiger partial charge in [0.2, 0.25) is 0 Å². The Labute approximate surface area is 186 Å². The number of fused-ring (bicyclic) bond motifs is 1. The van der Waals surface area contributed by atoms with Crippen LogP contribution in [0.5, 0.6) is 5.75 Å². The summed E-state index contributed by atoms with van der Waals surface area (Å²) in [7, 11) is 0. The molecule has 0 radical (unpaired) electrons. The Morgan fingerprint density at radius 1 is 1.00 bits per heavy atom. The van der Waals surface area contributed by atoms with Crippen molar-refractivity contribution < 1.29 is 13.9 Å². The molecule has 5 heteroatoms. The molecule has 1 aliphatic heterocycles. The van der Waals surface area contributed by atoms with Gasteiger partial charge in [0.1, 0.15) is 24.2 Å². The fraction of sp³-hybridized carbons (Fsp3) is 0.222. The quantitative estimate of drug-likeness (QED) is 0.387. The van der Waals surface area contributed by atoms with E-state index in [2.05, 4.69) is 10.6 Å². The van der Waals surface area contributed by atoms with Crippen LogP contribution in [0, 0.1) is 17.1 Å². The van der Waals surface area contributed by atoms with E-state index < -0.39 is 0 Å². The van der Waals surface area contributed by atoms with Crippen molar-refractivity contribution in [2.75, 3.05) is 13.2 Å². The second-order valence-electron chi connectivity index (χ2n) is 8.02. The minimum absolute atomic E-state index is 0.199. The van der Waals surface area contributed by atoms with E-state index in [1.54, 1.807) is 12.1 Å². The maximum absolute atomic E-state index is 13.6. The molecule has 3 aromatic carbocycles. The lowest BCUT2D eigenvalue weighted by atomic mass is 9.93. The highest BCUT2D eigenvalue weighted by Crippen LogP contribution is 2.39. The molecule has 4 aromatic rings. The van der Waals surface area contributed by atoms with E-state index in [4.69, 9.17) is 9.47 Å². The van der Waals surface area contributed by atoms with Gasteiger partial charge in [0.05, 0.1) is 11.1 Å². The summed E-state index contributed by atoms with van der Waals surface area (Å²) in [6.45, 7) is 1.80. The SMILES string of the molecule is N#Cc1c(C2CCOCC2)n(-c2ccc(F)cc2)c2ccc(OCc3ccccc3)cc12. The normalized spacial score (nSPS) is 14.4. The lowest BCUT2D eigenvalue weighted by molar-refractivity contribution is 0.0842. The molecular formula is C27H23FN2O2. The van der Waals surface area contributed by atoms with Crippen molar-refractivity contribution >= 4 is 10.9 Å². The summed E-state index contributed by atoms with van der Waals surface area (Å²) >= 11 is 0. The Morgan fingerprint density at radius 3 is 2.47 bits per heavy atom. The van der Waals surface area contributed by atoms with Crippen LogP contribution in [0.15, 0.2) is 72.8 Å².